The van der Waals surface area contributed by atoms with E-state index < -0.39 is 0 Å². The van der Waals surface area contributed by atoms with Gasteiger partial charge in [-0.2, -0.15) is 5.10 Å². The predicted molar refractivity (Wildman–Crippen MR) is 188 cm³/mol. The molecular weight excluding hydrogens is 634 g/mol. The number of aromatic nitrogens is 5. The van der Waals surface area contributed by atoms with Crippen LogP contribution in [0.3, 0.4) is 0 Å². The fraction of sp³-hybridized carbons (Fsp3) is 0.417. The van der Waals surface area contributed by atoms with Crippen LogP contribution in [-0.4, -0.2) is 92.8 Å². The lowest BCUT2D eigenvalue weighted by Gasteiger charge is -2.40. The number of para-hydroxylation sites is 1. The molecule has 1 aliphatic carbocycles. The smallest absolute Gasteiger partial charge is 0.273 e. The molecule has 3 fully saturated rings. The minimum atomic E-state index is -0.384. The Hall–Kier alpha value is -5.37. The summed E-state index contributed by atoms with van der Waals surface area (Å²) < 4.78 is 2.15. The number of fused-ring (bicyclic) bond motifs is 3. The van der Waals surface area contributed by atoms with E-state index in [9.17, 15) is 14.4 Å². The van der Waals surface area contributed by atoms with Crippen molar-refractivity contribution in [2.45, 2.75) is 45.3 Å². The van der Waals surface area contributed by atoms with Gasteiger partial charge in [0.1, 0.15) is 5.69 Å². The van der Waals surface area contributed by atoms with Gasteiger partial charge in [0.05, 0.1) is 47.2 Å². The molecule has 2 saturated heterocycles. The number of benzene rings is 1. The molecule has 14 heteroatoms. The van der Waals surface area contributed by atoms with Crippen LogP contribution in [0.25, 0.3) is 11.1 Å². The van der Waals surface area contributed by atoms with Gasteiger partial charge in [-0.3, -0.25) is 24.0 Å². The Labute approximate surface area is 290 Å². The minimum Gasteiger partial charge on any atom is -0.366 e. The van der Waals surface area contributed by atoms with Crippen molar-refractivity contribution in [3.8, 4) is 11.1 Å². The summed E-state index contributed by atoms with van der Waals surface area (Å²) in [6, 6.07) is 13.7. The Balaban J connectivity index is 0.983. The van der Waals surface area contributed by atoms with E-state index in [1.165, 1.54) is 0 Å². The maximum Gasteiger partial charge on any atom is 0.273 e. The molecule has 4 aliphatic rings. The maximum atomic E-state index is 13.0. The molecule has 3 N–H and O–H groups in total. The summed E-state index contributed by atoms with van der Waals surface area (Å²) in [5.74, 6) is 0.394. The summed E-state index contributed by atoms with van der Waals surface area (Å²) in [5.41, 5.74) is 7.02. The average Bonchev–Trinajstić information content (AvgIpc) is 3.75. The summed E-state index contributed by atoms with van der Waals surface area (Å²) in [5, 5.41) is 22.0. The van der Waals surface area contributed by atoms with Gasteiger partial charge in [-0.15, -0.1) is 10.2 Å². The number of nitrogens with one attached hydrogen (secondary N) is 3. The first-order valence-electron chi connectivity index (χ1n) is 17.3. The molecule has 8 rings (SSSR count). The molecule has 258 valence electrons. The quantitative estimate of drug-likeness (QED) is 0.240. The zero-order valence-electron chi connectivity index (χ0n) is 28.5. The molecule has 0 unspecified atom stereocenters. The van der Waals surface area contributed by atoms with Gasteiger partial charge in [-0.25, -0.2) is 4.98 Å². The summed E-state index contributed by atoms with van der Waals surface area (Å²) >= 11 is 0. The predicted octanol–water partition coefficient (Wildman–Crippen LogP) is 3.68. The Morgan fingerprint density at radius 3 is 2.54 bits per heavy atom. The molecule has 0 bridgehead atoms. The molecule has 1 aromatic carbocycles. The highest BCUT2D eigenvalue weighted by atomic mass is 16.2. The van der Waals surface area contributed by atoms with E-state index in [1.54, 1.807) is 13.1 Å². The number of carbonyl (C=O) groups is 3. The third kappa shape index (κ3) is 6.04. The van der Waals surface area contributed by atoms with E-state index in [2.05, 4.69) is 53.6 Å². The lowest BCUT2D eigenvalue weighted by atomic mass is 9.97. The van der Waals surface area contributed by atoms with Crippen LogP contribution in [0, 0.1) is 11.8 Å². The van der Waals surface area contributed by atoms with Crippen molar-refractivity contribution in [1.82, 2.24) is 40.1 Å². The first kappa shape index (κ1) is 31.9. The van der Waals surface area contributed by atoms with Crippen molar-refractivity contribution in [3.63, 3.8) is 0 Å². The molecule has 3 aliphatic heterocycles. The van der Waals surface area contributed by atoms with Gasteiger partial charge in [0, 0.05) is 69.9 Å². The number of hydrogen-bond acceptors (Lipinski definition) is 10. The molecular formula is C36H41N11O3. The zero-order chi connectivity index (χ0) is 34.5. The second-order valence-electron chi connectivity index (χ2n) is 14.0. The second kappa shape index (κ2) is 12.8. The molecule has 1 atom stereocenters. The Morgan fingerprint density at radius 2 is 1.78 bits per heavy atom. The molecule has 6 heterocycles. The fourth-order valence-electron chi connectivity index (χ4n) is 7.24. The molecule has 14 nitrogen and oxygen atoms in total. The number of rotatable bonds is 9. The average molecular weight is 676 g/mol. The highest BCUT2D eigenvalue weighted by Crippen LogP contribution is 2.45. The normalized spacial score (nSPS) is 18.7. The molecule has 0 radical (unpaired) electrons. The third-order valence-corrected chi connectivity index (χ3v) is 10.1. The maximum absolute atomic E-state index is 13.0. The van der Waals surface area contributed by atoms with E-state index in [4.69, 9.17) is 10.1 Å². The monoisotopic (exact) mass is 675 g/mol. The van der Waals surface area contributed by atoms with Crippen LogP contribution >= 0.6 is 0 Å². The number of nitrogens with zero attached hydrogens (tertiary/aromatic N) is 8. The first-order valence-corrected chi connectivity index (χ1v) is 17.3. The van der Waals surface area contributed by atoms with Crippen molar-refractivity contribution < 1.29 is 14.4 Å². The van der Waals surface area contributed by atoms with Crippen molar-refractivity contribution in [1.29, 1.82) is 0 Å². The van der Waals surface area contributed by atoms with Crippen molar-refractivity contribution in [2.75, 3.05) is 55.8 Å². The number of anilines is 4. The van der Waals surface area contributed by atoms with Gasteiger partial charge in [-0.1, -0.05) is 25.1 Å². The van der Waals surface area contributed by atoms with Crippen LogP contribution in [0.4, 0.5) is 22.9 Å². The largest absolute Gasteiger partial charge is 0.366 e. The standard InChI is InChI=1S/C36H41N11O3/c1-21-12-13-46(16-21)36(50)28-9-4-6-23(39-28)17-45-18-24(19-45)47-30-20-44(3)33-25(26(30)15-38-47)7-5-8-27(33)40-29-14-31(41-34(48)22-10-11-22)42-43-32(29)35(49)37-2/h4-9,14-15,21-22,24H,10-13,16-20H2,1-3H3,(H,37,49)(H2,40,41,42,48)/t21-/m0/s1. The Bertz CT molecular complexity index is 1980. The third-order valence-electron chi connectivity index (χ3n) is 10.1. The van der Waals surface area contributed by atoms with Gasteiger partial charge in [0.25, 0.3) is 11.8 Å². The second-order valence-corrected chi connectivity index (χ2v) is 14.0. The van der Waals surface area contributed by atoms with E-state index in [-0.39, 0.29) is 35.4 Å². The minimum absolute atomic E-state index is 0.00872. The number of pyridine rings is 1. The SMILES string of the molecule is CNC(=O)c1nnc(NC(=O)C2CC2)cc1Nc1cccc2c1N(C)Cc1c-2cnn1C1CN(Cc2cccc(C(=O)N3CC[C@H](C)C3)n2)C1. The van der Waals surface area contributed by atoms with Crippen molar-refractivity contribution >= 4 is 40.6 Å². The molecule has 3 amide bonds. The Morgan fingerprint density at radius 1 is 0.960 bits per heavy atom. The van der Waals surface area contributed by atoms with Crippen LogP contribution in [0.5, 0.6) is 0 Å². The van der Waals surface area contributed by atoms with Crippen LogP contribution in [0.2, 0.25) is 0 Å². The first-order chi connectivity index (χ1) is 24.2. The summed E-state index contributed by atoms with van der Waals surface area (Å²) in [6.45, 7) is 6.79. The van der Waals surface area contributed by atoms with Gasteiger partial charge < -0.3 is 25.8 Å². The molecule has 0 spiro atoms. The lowest BCUT2D eigenvalue weighted by Crippen LogP contribution is -2.48. The fourth-order valence-corrected chi connectivity index (χ4v) is 7.24. The summed E-state index contributed by atoms with van der Waals surface area (Å²) in [4.78, 5) is 49.3. The number of carbonyl (C=O) groups excluding carboxylic acids is 3. The van der Waals surface area contributed by atoms with Crippen LogP contribution in [0.1, 0.15) is 64.6 Å². The van der Waals surface area contributed by atoms with Crippen molar-refractivity contribution in [3.05, 3.63) is 71.4 Å². The Kier molecular flexibility index (Phi) is 8.17. The van der Waals surface area contributed by atoms with Gasteiger partial charge in [0.15, 0.2) is 11.5 Å². The lowest BCUT2D eigenvalue weighted by molar-refractivity contribution is -0.117. The topological polar surface area (TPSA) is 154 Å². The van der Waals surface area contributed by atoms with E-state index in [0.717, 1.165) is 79.3 Å². The zero-order valence-corrected chi connectivity index (χ0v) is 28.5. The van der Waals surface area contributed by atoms with Crippen LogP contribution in [0.15, 0.2) is 48.7 Å². The number of hydrogen-bond donors (Lipinski definition) is 3. The van der Waals surface area contributed by atoms with E-state index >= 15 is 0 Å². The van der Waals surface area contributed by atoms with Gasteiger partial charge >= 0.3 is 0 Å². The summed E-state index contributed by atoms with van der Waals surface area (Å²) in [7, 11) is 3.59. The van der Waals surface area contributed by atoms with Crippen molar-refractivity contribution in [2.24, 2.45) is 11.8 Å². The molecule has 50 heavy (non-hydrogen) atoms. The summed E-state index contributed by atoms with van der Waals surface area (Å²) in [6.07, 6.45) is 4.73. The van der Waals surface area contributed by atoms with Gasteiger partial charge in [0.2, 0.25) is 5.91 Å². The molecule has 4 aromatic rings. The highest BCUT2D eigenvalue weighted by Gasteiger charge is 2.35. The van der Waals surface area contributed by atoms with Crippen LogP contribution in [-0.2, 0) is 17.9 Å². The van der Waals surface area contributed by atoms with E-state index in [1.807, 2.05) is 48.5 Å². The molecule has 1 saturated carbocycles. The molecule has 3 aromatic heterocycles. The number of likely N-dealkylation sites (tertiary alicyclic amines) is 2. The van der Waals surface area contributed by atoms with Crippen LogP contribution < -0.4 is 20.9 Å². The number of amides is 3. The highest BCUT2D eigenvalue weighted by molar-refractivity contribution is 6.01. The van der Waals surface area contributed by atoms with Gasteiger partial charge in [-0.05, 0) is 43.4 Å². The van der Waals surface area contributed by atoms with E-state index in [0.29, 0.717) is 36.2 Å².